The summed E-state index contributed by atoms with van der Waals surface area (Å²) in [5.74, 6) is -1.01. The zero-order valence-corrected chi connectivity index (χ0v) is 23.2. The highest BCUT2D eigenvalue weighted by Gasteiger charge is 2.24. The maximum Gasteiger partial charge on any atom is 0.252 e. The van der Waals surface area contributed by atoms with Gasteiger partial charge in [0.25, 0.3) is 5.91 Å². The molecule has 0 fully saturated rings. The van der Waals surface area contributed by atoms with E-state index in [1.165, 1.54) is 37.3 Å². The highest BCUT2D eigenvalue weighted by Crippen LogP contribution is 2.32. The van der Waals surface area contributed by atoms with Crippen LogP contribution in [-0.4, -0.2) is 38.6 Å². The highest BCUT2D eigenvalue weighted by atomic mass is 19.1. The number of nitrogens with one attached hydrogen (secondary N) is 2. The largest absolute Gasteiger partial charge is 0.456 e. The van der Waals surface area contributed by atoms with Crippen LogP contribution in [-0.2, 0) is 4.79 Å². The first-order valence-electron chi connectivity index (χ1n) is 13.5. The number of fused-ring (bicyclic) bond motifs is 2. The minimum absolute atomic E-state index is 0.0279. The van der Waals surface area contributed by atoms with Crippen LogP contribution >= 0.6 is 0 Å². The number of halogens is 1. The number of primary amides is 1. The summed E-state index contributed by atoms with van der Waals surface area (Å²) in [6, 6.07) is 16.0. The molecule has 5 N–H and O–H groups in total. The Balaban J connectivity index is 1.52. The first-order chi connectivity index (χ1) is 20.0. The molecule has 0 aliphatic carbocycles. The number of hydrogen-bond donors (Lipinski definition) is 4. The fourth-order valence-corrected chi connectivity index (χ4v) is 4.74. The number of aliphatic hydroxyl groups is 1. The number of hydrogen-bond acceptors (Lipinski definition) is 7. The van der Waals surface area contributed by atoms with E-state index in [9.17, 15) is 23.9 Å². The van der Waals surface area contributed by atoms with Gasteiger partial charge in [-0.3, -0.25) is 14.4 Å². The van der Waals surface area contributed by atoms with Crippen LogP contribution in [0.2, 0.25) is 0 Å². The van der Waals surface area contributed by atoms with Gasteiger partial charge in [-0.1, -0.05) is 25.1 Å². The van der Waals surface area contributed by atoms with Gasteiger partial charge in [-0.25, -0.2) is 9.37 Å². The molecule has 2 aromatic heterocycles. The molecule has 3 aromatic carbocycles. The molecule has 0 spiro atoms. The molecule has 0 radical (unpaired) electrons. The molecule has 5 aromatic rings. The predicted octanol–water partition coefficient (Wildman–Crippen LogP) is 4.63. The number of anilines is 2. The minimum atomic E-state index is -1.24. The average molecular weight is 572 g/mol. The summed E-state index contributed by atoms with van der Waals surface area (Å²) in [7, 11) is 0. The number of amides is 2. The fourth-order valence-electron chi connectivity index (χ4n) is 4.74. The van der Waals surface area contributed by atoms with Crippen molar-refractivity contribution >= 4 is 45.5 Å². The molecule has 10 nitrogen and oxygen atoms in total. The smallest absolute Gasteiger partial charge is 0.252 e. The van der Waals surface area contributed by atoms with E-state index in [0.717, 1.165) is 11.9 Å². The maximum atomic E-state index is 13.8. The quantitative estimate of drug-likeness (QED) is 0.201. The Labute approximate surface area is 240 Å². The Morgan fingerprint density at radius 3 is 2.48 bits per heavy atom. The van der Waals surface area contributed by atoms with Gasteiger partial charge in [-0.2, -0.15) is 0 Å². The van der Waals surface area contributed by atoms with Gasteiger partial charge in [0.15, 0.2) is 5.43 Å². The van der Waals surface area contributed by atoms with Crippen molar-refractivity contribution in [1.82, 2.24) is 14.9 Å². The number of nitrogens with two attached hydrogens (primary N) is 1. The van der Waals surface area contributed by atoms with Crippen molar-refractivity contribution in [2.45, 2.75) is 45.4 Å². The van der Waals surface area contributed by atoms with Crippen molar-refractivity contribution in [2.75, 3.05) is 5.32 Å². The molecule has 5 rings (SSSR count). The van der Waals surface area contributed by atoms with Gasteiger partial charge in [0, 0.05) is 35.0 Å². The van der Waals surface area contributed by atoms with Crippen molar-refractivity contribution < 1.29 is 23.5 Å². The standard InChI is InChI=1S/C31H30FN5O5/c1-4-16(2)37-24-14-27-22(13-23(24)35-31(37)34-21-7-5-6-20(32)12-21)25(39)15-26(42-27)18-8-10-19(11-9-18)30(41)36-28(17(3)38)29(33)40/h5-17,28,38H,4H2,1-3H3,(H2,33,40)(H,34,35)(H,36,41)/t16?,17-,28+/m1/s1. The van der Waals surface area contributed by atoms with Crippen LogP contribution in [0.1, 0.15) is 43.6 Å². The van der Waals surface area contributed by atoms with Gasteiger partial charge >= 0.3 is 0 Å². The number of carbonyl (C=O) groups excluding carboxylic acids is 2. The normalized spacial score (nSPS) is 13.5. The van der Waals surface area contributed by atoms with E-state index < -0.39 is 24.0 Å². The SMILES string of the molecule is CCC(C)n1c(Nc2cccc(F)c2)nc2cc3c(=O)cc(-c4ccc(C(=O)N[C@H](C(N)=O)[C@@H](C)O)cc4)oc3cc21. The summed E-state index contributed by atoms with van der Waals surface area (Å²) in [6.45, 7) is 5.44. The molecule has 0 bridgehead atoms. The van der Waals surface area contributed by atoms with Crippen LogP contribution in [0.4, 0.5) is 16.0 Å². The Morgan fingerprint density at radius 2 is 1.83 bits per heavy atom. The van der Waals surface area contributed by atoms with Crippen molar-refractivity contribution in [1.29, 1.82) is 0 Å². The second kappa shape index (κ2) is 11.5. The second-order valence-corrected chi connectivity index (χ2v) is 10.2. The molecule has 216 valence electrons. The molecular weight excluding hydrogens is 541 g/mol. The third-order valence-electron chi connectivity index (χ3n) is 7.16. The van der Waals surface area contributed by atoms with Crippen LogP contribution in [0.25, 0.3) is 33.3 Å². The molecule has 42 heavy (non-hydrogen) atoms. The van der Waals surface area contributed by atoms with E-state index in [0.29, 0.717) is 39.4 Å². The Hall–Kier alpha value is -5.03. The van der Waals surface area contributed by atoms with Crippen LogP contribution < -0.4 is 21.8 Å². The van der Waals surface area contributed by atoms with E-state index in [2.05, 4.69) is 10.6 Å². The third kappa shape index (κ3) is 5.59. The lowest BCUT2D eigenvalue weighted by Crippen LogP contribution is -2.50. The Bertz CT molecular complexity index is 1860. The molecule has 0 saturated carbocycles. The zero-order chi connectivity index (χ0) is 30.1. The fraction of sp³-hybridized carbons (Fsp3) is 0.226. The summed E-state index contributed by atoms with van der Waals surface area (Å²) in [5, 5.41) is 15.7. The lowest BCUT2D eigenvalue weighted by molar-refractivity contribution is -0.122. The monoisotopic (exact) mass is 571 g/mol. The topological polar surface area (TPSA) is 152 Å². The summed E-state index contributed by atoms with van der Waals surface area (Å²) < 4.78 is 22.0. The summed E-state index contributed by atoms with van der Waals surface area (Å²) in [4.78, 5) is 42.0. The van der Waals surface area contributed by atoms with E-state index in [4.69, 9.17) is 15.1 Å². The van der Waals surface area contributed by atoms with Crippen LogP contribution in [0.15, 0.2) is 75.9 Å². The van der Waals surface area contributed by atoms with E-state index in [1.807, 2.05) is 18.4 Å². The number of imidazole rings is 1. The van der Waals surface area contributed by atoms with Crippen molar-refractivity contribution in [3.8, 4) is 11.3 Å². The number of rotatable bonds is 9. The van der Waals surface area contributed by atoms with Gasteiger partial charge in [0.2, 0.25) is 11.9 Å². The Kier molecular flexibility index (Phi) is 7.77. The predicted molar refractivity (Wildman–Crippen MR) is 158 cm³/mol. The zero-order valence-electron chi connectivity index (χ0n) is 23.2. The molecule has 0 aliphatic heterocycles. The average Bonchev–Trinajstić information content (AvgIpc) is 3.30. The molecule has 0 aliphatic rings. The molecule has 2 heterocycles. The molecule has 1 unspecified atom stereocenters. The lowest BCUT2D eigenvalue weighted by atomic mass is 10.1. The summed E-state index contributed by atoms with van der Waals surface area (Å²) in [5.41, 5.74) is 8.00. The molecular formula is C31H30FN5O5. The van der Waals surface area contributed by atoms with Crippen molar-refractivity contribution in [3.05, 3.63) is 88.3 Å². The van der Waals surface area contributed by atoms with E-state index >= 15 is 0 Å². The number of nitrogens with zero attached hydrogens (tertiary/aromatic N) is 2. The van der Waals surface area contributed by atoms with Crippen molar-refractivity contribution in [3.63, 3.8) is 0 Å². The number of carbonyl (C=O) groups is 2. The first-order valence-corrected chi connectivity index (χ1v) is 13.5. The molecule has 0 saturated heterocycles. The second-order valence-electron chi connectivity index (χ2n) is 10.2. The number of benzene rings is 3. The van der Waals surface area contributed by atoms with Crippen LogP contribution in [0.5, 0.6) is 0 Å². The first kappa shape index (κ1) is 28.5. The van der Waals surface area contributed by atoms with Gasteiger partial charge in [0.05, 0.1) is 22.5 Å². The number of aromatic nitrogens is 2. The highest BCUT2D eigenvalue weighted by molar-refractivity contribution is 5.98. The van der Waals surface area contributed by atoms with Gasteiger partial charge in [0.1, 0.15) is 23.2 Å². The van der Waals surface area contributed by atoms with Gasteiger partial charge in [-0.05, 0) is 56.7 Å². The van der Waals surface area contributed by atoms with Crippen molar-refractivity contribution in [2.24, 2.45) is 5.73 Å². The maximum absolute atomic E-state index is 13.8. The van der Waals surface area contributed by atoms with Gasteiger partial charge < -0.3 is 30.5 Å². The minimum Gasteiger partial charge on any atom is -0.456 e. The van der Waals surface area contributed by atoms with Gasteiger partial charge in [-0.15, -0.1) is 0 Å². The van der Waals surface area contributed by atoms with Crippen LogP contribution in [0, 0.1) is 5.82 Å². The molecule has 3 atom stereocenters. The third-order valence-corrected chi connectivity index (χ3v) is 7.16. The molecule has 11 heteroatoms. The van der Waals surface area contributed by atoms with E-state index in [-0.39, 0.29) is 22.9 Å². The molecule has 2 amide bonds. The number of aliphatic hydroxyl groups excluding tert-OH is 1. The van der Waals surface area contributed by atoms with E-state index in [1.54, 1.807) is 36.4 Å². The summed E-state index contributed by atoms with van der Waals surface area (Å²) in [6.07, 6.45) is -0.364. The Morgan fingerprint density at radius 1 is 1.10 bits per heavy atom. The lowest BCUT2D eigenvalue weighted by Gasteiger charge is -2.18. The summed E-state index contributed by atoms with van der Waals surface area (Å²) >= 11 is 0. The van der Waals surface area contributed by atoms with Crippen LogP contribution in [0.3, 0.4) is 0 Å².